The molecular weight excluding hydrogens is 189 g/mol. The number of hydrogen-bond acceptors (Lipinski definition) is 4. The van der Waals surface area contributed by atoms with E-state index >= 15 is 0 Å². The Labute approximate surface area is 81.1 Å². The highest BCUT2D eigenvalue weighted by Crippen LogP contribution is 2.48. The third-order valence-electron chi connectivity index (χ3n) is 1.55. The molecule has 0 radical (unpaired) electrons. The van der Waals surface area contributed by atoms with Gasteiger partial charge in [-0.2, -0.15) is 13.9 Å². The van der Waals surface area contributed by atoms with Crippen molar-refractivity contribution < 1.29 is 13.9 Å². The van der Waals surface area contributed by atoms with Crippen LogP contribution in [0.3, 0.4) is 0 Å². The standard InChI is InChI=1S/C8H21NO3P/c1-3-5-7-11-13(9,10)12-8-6-4-2/h10H,3-9H2,1-2H3/q+1. The lowest BCUT2D eigenvalue weighted by Gasteiger charge is -2.10. The molecule has 0 atom stereocenters. The van der Waals surface area contributed by atoms with Gasteiger partial charge in [-0.1, -0.05) is 26.7 Å². The Kier molecular flexibility index (Phi) is 7.81. The summed E-state index contributed by atoms with van der Waals surface area (Å²) in [5.41, 5.74) is 5.42. The molecule has 0 aromatic heterocycles. The minimum absolute atomic E-state index is 0.476. The molecule has 0 aromatic carbocycles. The van der Waals surface area contributed by atoms with Gasteiger partial charge in [-0.05, 0) is 12.8 Å². The topological polar surface area (TPSA) is 64.7 Å². The second-order valence-electron chi connectivity index (χ2n) is 2.94. The molecule has 0 amide bonds. The monoisotopic (exact) mass is 210 g/mol. The molecule has 0 heterocycles. The number of unbranched alkanes of at least 4 members (excludes halogenated alkanes) is 2. The van der Waals surface area contributed by atoms with Gasteiger partial charge in [-0.3, -0.25) is 0 Å². The molecule has 0 aliphatic heterocycles. The van der Waals surface area contributed by atoms with Crippen LogP contribution >= 0.6 is 8.09 Å². The maximum Gasteiger partial charge on any atom is 0.496 e. The van der Waals surface area contributed by atoms with E-state index in [4.69, 9.17) is 14.6 Å². The average Bonchev–Trinajstić information content (AvgIpc) is 2.05. The van der Waals surface area contributed by atoms with Crippen molar-refractivity contribution in [2.24, 2.45) is 5.50 Å². The second kappa shape index (κ2) is 7.65. The van der Waals surface area contributed by atoms with Gasteiger partial charge >= 0.3 is 8.09 Å². The van der Waals surface area contributed by atoms with Crippen LogP contribution in [0.2, 0.25) is 0 Å². The summed E-state index contributed by atoms with van der Waals surface area (Å²) in [6.45, 7) is 5.05. The summed E-state index contributed by atoms with van der Waals surface area (Å²) in [6.07, 6.45) is 3.84. The quantitative estimate of drug-likeness (QED) is 0.476. The smallest absolute Gasteiger partial charge is 0.178 e. The first-order valence-electron chi connectivity index (χ1n) is 4.81. The number of hydrogen-bond donors (Lipinski definition) is 2. The van der Waals surface area contributed by atoms with Crippen molar-refractivity contribution in [3.05, 3.63) is 0 Å². The highest BCUT2D eigenvalue weighted by molar-refractivity contribution is 7.58. The lowest BCUT2D eigenvalue weighted by Crippen LogP contribution is -2.12. The molecule has 3 N–H and O–H groups in total. The first-order valence-corrected chi connectivity index (χ1v) is 6.46. The fraction of sp³-hybridized carbons (Fsp3) is 1.00. The molecule has 0 bridgehead atoms. The maximum atomic E-state index is 9.41. The molecule has 0 aliphatic carbocycles. The number of rotatable bonds is 8. The summed E-state index contributed by atoms with van der Waals surface area (Å²) in [7, 11) is -3.00. The Hall–Kier alpha value is 0.270. The van der Waals surface area contributed by atoms with Crippen molar-refractivity contribution in [1.82, 2.24) is 0 Å². The van der Waals surface area contributed by atoms with Gasteiger partial charge in [0.2, 0.25) is 0 Å². The van der Waals surface area contributed by atoms with Gasteiger partial charge in [0.15, 0.2) is 0 Å². The lowest BCUT2D eigenvalue weighted by molar-refractivity contribution is 0.172. The zero-order valence-electron chi connectivity index (χ0n) is 8.53. The Balaban J connectivity index is 3.42. The van der Waals surface area contributed by atoms with Gasteiger partial charge in [-0.25, -0.2) is 0 Å². The molecule has 4 nitrogen and oxygen atoms in total. The SMILES string of the molecule is CCCCO[P+](N)(O)OCCCC. The largest absolute Gasteiger partial charge is 0.496 e. The average molecular weight is 210 g/mol. The molecule has 0 aromatic rings. The fourth-order valence-corrected chi connectivity index (χ4v) is 1.57. The van der Waals surface area contributed by atoms with Gasteiger partial charge in [-0.15, -0.1) is 5.50 Å². The van der Waals surface area contributed by atoms with E-state index in [2.05, 4.69) is 13.8 Å². The summed E-state index contributed by atoms with van der Waals surface area (Å²) in [6, 6.07) is 0. The Bertz CT molecular complexity index is 110. The summed E-state index contributed by atoms with van der Waals surface area (Å²) >= 11 is 0. The van der Waals surface area contributed by atoms with Crippen molar-refractivity contribution >= 4 is 8.09 Å². The minimum atomic E-state index is -3.00. The van der Waals surface area contributed by atoms with E-state index in [0.29, 0.717) is 13.2 Å². The third-order valence-corrected chi connectivity index (χ3v) is 2.65. The molecule has 5 heteroatoms. The molecule has 0 rings (SSSR count). The molecule has 0 saturated heterocycles. The van der Waals surface area contributed by atoms with Gasteiger partial charge in [0, 0.05) is 0 Å². The molecular formula is C8H21NO3P+. The van der Waals surface area contributed by atoms with E-state index in [1.165, 1.54) is 0 Å². The van der Waals surface area contributed by atoms with Crippen molar-refractivity contribution in [2.75, 3.05) is 13.2 Å². The number of nitrogens with two attached hydrogens (primary N) is 1. The molecule has 0 saturated carbocycles. The van der Waals surface area contributed by atoms with E-state index in [1.54, 1.807) is 0 Å². The fourth-order valence-electron chi connectivity index (χ4n) is 0.717. The van der Waals surface area contributed by atoms with Crippen LogP contribution in [0.15, 0.2) is 0 Å². The van der Waals surface area contributed by atoms with Crippen molar-refractivity contribution in [1.29, 1.82) is 0 Å². The van der Waals surface area contributed by atoms with Gasteiger partial charge in [0.05, 0.1) is 13.2 Å². The lowest BCUT2D eigenvalue weighted by atomic mass is 10.4. The van der Waals surface area contributed by atoms with Crippen LogP contribution in [0.4, 0.5) is 0 Å². The van der Waals surface area contributed by atoms with Crippen LogP contribution < -0.4 is 5.50 Å². The maximum absolute atomic E-state index is 9.41. The summed E-state index contributed by atoms with van der Waals surface area (Å²) in [5.74, 6) is 0. The van der Waals surface area contributed by atoms with Crippen molar-refractivity contribution in [2.45, 2.75) is 39.5 Å². The predicted molar refractivity (Wildman–Crippen MR) is 55.0 cm³/mol. The van der Waals surface area contributed by atoms with E-state index in [0.717, 1.165) is 25.7 Å². The molecule has 0 unspecified atom stereocenters. The first kappa shape index (κ1) is 13.3. The van der Waals surface area contributed by atoms with E-state index in [-0.39, 0.29) is 0 Å². The van der Waals surface area contributed by atoms with Crippen LogP contribution in [0.25, 0.3) is 0 Å². The van der Waals surface area contributed by atoms with Crippen LogP contribution in [0.1, 0.15) is 39.5 Å². The molecule has 80 valence electrons. The minimum Gasteiger partial charge on any atom is -0.178 e. The Morgan fingerprint density at radius 1 is 1.08 bits per heavy atom. The van der Waals surface area contributed by atoms with Crippen molar-refractivity contribution in [3.8, 4) is 0 Å². The highest BCUT2D eigenvalue weighted by atomic mass is 31.2. The van der Waals surface area contributed by atoms with Gasteiger partial charge in [0.25, 0.3) is 0 Å². The molecule has 0 fully saturated rings. The van der Waals surface area contributed by atoms with Crippen LogP contribution in [-0.2, 0) is 9.05 Å². The second-order valence-corrected chi connectivity index (χ2v) is 4.58. The highest BCUT2D eigenvalue weighted by Gasteiger charge is 2.35. The van der Waals surface area contributed by atoms with Crippen LogP contribution in [-0.4, -0.2) is 18.1 Å². The summed E-state index contributed by atoms with van der Waals surface area (Å²) in [4.78, 5) is 9.41. The Morgan fingerprint density at radius 3 is 1.77 bits per heavy atom. The van der Waals surface area contributed by atoms with Crippen LogP contribution in [0, 0.1) is 0 Å². The third kappa shape index (κ3) is 8.60. The first-order chi connectivity index (χ1) is 6.12. The van der Waals surface area contributed by atoms with E-state index < -0.39 is 8.09 Å². The predicted octanol–water partition coefficient (Wildman–Crippen LogP) is 2.25. The summed E-state index contributed by atoms with van der Waals surface area (Å²) < 4.78 is 10.1. The van der Waals surface area contributed by atoms with Crippen LogP contribution in [0.5, 0.6) is 0 Å². The molecule has 13 heavy (non-hydrogen) atoms. The molecule has 0 spiro atoms. The van der Waals surface area contributed by atoms with E-state index in [1.807, 2.05) is 0 Å². The van der Waals surface area contributed by atoms with Gasteiger partial charge in [0.1, 0.15) is 0 Å². The Morgan fingerprint density at radius 2 is 1.46 bits per heavy atom. The zero-order valence-corrected chi connectivity index (χ0v) is 9.43. The van der Waals surface area contributed by atoms with Crippen molar-refractivity contribution in [3.63, 3.8) is 0 Å². The molecule has 0 aliphatic rings. The zero-order chi connectivity index (χ0) is 10.2. The summed E-state index contributed by atoms with van der Waals surface area (Å²) in [5, 5.41) is 0. The van der Waals surface area contributed by atoms with E-state index in [9.17, 15) is 4.89 Å². The van der Waals surface area contributed by atoms with Gasteiger partial charge < -0.3 is 0 Å². The normalized spacial score (nSPS) is 12.0.